The largest absolute Gasteiger partial charge is 0.385 e. The molecule has 0 radical (unpaired) electrons. The van der Waals surface area contributed by atoms with Gasteiger partial charge >= 0.3 is 0 Å². The summed E-state index contributed by atoms with van der Waals surface area (Å²) in [6, 6.07) is 0. The number of rotatable bonds is 8. The van der Waals surface area contributed by atoms with E-state index in [2.05, 4.69) is 6.92 Å². The van der Waals surface area contributed by atoms with Gasteiger partial charge in [-0.3, -0.25) is 0 Å². The van der Waals surface area contributed by atoms with Crippen LogP contribution in [0.3, 0.4) is 0 Å². The first-order valence-electron chi connectivity index (χ1n) is 8.23. The predicted octanol–water partition coefficient (Wildman–Crippen LogP) is 1.46. The lowest BCUT2D eigenvalue weighted by Crippen LogP contribution is -2.44. The van der Waals surface area contributed by atoms with Crippen LogP contribution in [0, 0.1) is 11.8 Å². The summed E-state index contributed by atoms with van der Waals surface area (Å²) in [5, 5.41) is 0. The number of hydrogen-bond acceptors (Lipinski definition) is 5. The van der Waals surface area contributed by atoms with E-state index in [0.29, 0.717) is 45.2 Å². The van der Waals surface area contributed by atoms with E-state index in [1.165, 1.54) is 0 Å². The number of methoxy groups -OCH3 is 1. The van der Waals surface area contributed by atoms with Crippen LogP contribution >= 0.6 is 0 Å². The van der Waals surface area contributed by atoms with Crippen molar-refractivity contribution in [1.82, 2.24) is 4.31 Å². The molecule has 0 spiro atoms. The Balaban J connectivity index is 1.82. The zero-order valence-corrected chi connectivity index (χ0v) is 14.5. The molecule has 0 bridgehead atoms. The van der Waals surface area contributed by atoms with Crippen molar-refractivity contribution in [3.8, 4) is 0 Å². The molecule has 0 N–H and O–H groups in total. The Morgan fingerprint density at radius 3 is 2.68 bits per heavy atom. The average molecular weight is 335 g/mol. The molecule has 0 unspecified atom stereocenters. The summed E-state index contributed by atoms with van der Waals surface area (Å²) >= 11 is 0. The highest BCUT2D eigenvalue weighted by atomic mass is 32.2. The van der Waals surface area contributed by atoms with Crippen LogP contribution in [-0.2, 0) is 24.2 Å². The average Bonchev–Trinajstić information content (AvgIpc) is 3.05. The Hall–Kier alpha value is -0.210. The van der Waals surface area contributed by atoms with E-state index in [4.69, 9.17) is 14.2 Å². The van der Waals surface area contributed by atoms with Crippen molar-refractivity contribution in [3.05, 3.63) is 0 Å². The minimum Gasteiger partial charge on any atom is -0.385 e. The maximum Gasteiger partial charge on any atom is 0.214 e. The minimum absolute atomic E-state index is 0.164. The molecule has 0 aliphatic carbocycles. The van der Waals surface area contributed by atoms with Crippen molar-refractivity contribution < 1.29 is 22.6 Å². The fourth-order valence-corrected chi connectivity index (χ4v) is 4.82. The Labute approximate surface area is 134 Å². The molecular weight excluding hydrogens is 306 g/mol. The molecule has 2 saturated heterocycles. The number of hydrogen-bond donors (Lipinski definition) is 0. The monoisotopic (exact) mass is 335 g/mol. The van der Waals surface area contributed by atoms with Crippen LogP contribution in [0.15, 0.2) is 0 Å². The van der Waals surface area contributed by atoms with Gasteiger partial charge in [0.05, 0.1) is 19.0 Å². The molecular formula is C15H29NO5S. The number of sulfonamides is 1. The van der Waals surface area contributed by atoms with Gasteiger partial charge in [-0.05, 0) is 31.6 Å². The highest BCUT2D eigenvalue weighted by Gasteiger charge is 2.35. The third-order valence-corrected chi connectivity index (χ3v) is 6.40. The molecule has 7 heteroatoms. The van der Waals surface area contributed by atoms with Crippen molar-refractivity contribution in [2.45, 2.75) is 38.9 Å². The Morgan fingerprint density at radius 2 is 2.00 bits per heavy atom. The van der Waals surface area contributed by atoms with E-state index in [0.717, 1.165) is 19.3 Å². The highest BCUT2D eigenvalue weighted by molar-refractivity contribution is 7.89. The second kappa shape index (κ2) is 8.59. The van der Waals surface area contributed by atoms with Gasteiger partial charge in [0.15, 0.2) is 6.29 Å². The van der Waals surface area contributed by atoms with Gasteiger partial charge in [0.25, 0.3) is 0 Å². The Bertz CT molecular complexity index is 422. The van der Waals surface area contributed by atoms with Crippen molar-refractivity contribution in [2.24, 2.45) is 11.8 Å². The molecule has 0 saturated carbocycles. The van der Waals surface area contributed by atoms with Gasteiger partial charge in [-0.2, -0.15) is 0 Å². The number of nitrogens with zero attached hydrogens (tertiary/aromatic N) is 1. The van der Waals surface area contributed by atoms with Crippen LogP contribution in [0.2, 0.25) is 0 Å². The van der Waals surface area contributed by atoms with Crippen LogP contribution < -0.4 is 0 Å². The molecule has 2 rings (SSSR count). The highest BCUT2D eigenvalue weighted by Crippen LogP contribution is 2.27. The van der Waals surface area contributed by atoms with Crippen LogP contribution in [0.25, 0.3) is 0 Å². The molecule has 2 aliphatic heterocycles. The van der Waals surface area contributed by atoms with Crippen molar-refractivity contribution in [2.75, 3.05) is 45.8 Å². The Morgan fingerprint density at radius 1 is 1.27 bits per heavy atom. The zero-order valence-electron chi connectivity index (χ0n) is 13.7. The standard InChI is InChI=1S/C15H29NO5S/c1-13(5-8-19-2)6-11-22(17,18)16-7-3-4-14(12-16)15-20-9-10-21-15/h13-15H,3-12H2,1-2H3/t13-,14+/m0/s1. The van der Waals surface area contributed by atoms with Gasteiger partial charge in [0.1, 0.15) is 0 Å². The van der Waals surface area contributed by atoms with Crippen molar-refractivity contribution in [1.29, 1.82) is 0 Å². The minimum atomic E-state index is -3.18. The summed E-state index contributed by atoms with van der Waals surface area (Å²) in [7, 11) is -1.51. The SMILES string of the molecule is COCC[C@H](C)CCS(=O)(=O)N1CCC[C@@H](C2OCCO2)C1. The van der Waals surface area contributed by atoms with Gasteiger partial charge in [-0.25, -0.2) is 12.7 Å². The lowest BCUT2D eigenvalue weighted by molar-refractivity contribution is -0.0940. The second-order valence-electron chi connectivity index (χ2n) is 6.36. The molecule has 0 aromatic rings. The summed E-state index contributed by atoms with van der Waals surface area (Å²) in [6.07, 6.45) is 3.22. The maximum absolute atomic E-state index is 12.5. The first kappa shape index (κ1) is 18.1. The fraction of sp³-hybridized carbons (Fsp3) is 1.00. The third kappa shape index (κ3) is 5.16. The number of ether oxygens (including phenoxy) is 3. The molecule has 130 valence electrons. The molecule has 2 heterocycles. The van der Waals surface area contributed by atoms with Crippen LogP contribution in [0.1, 0.15) is 32.6 Å². The molecule has 0 aromatic heterocycles. The molecule has 0 aromatic carbocycles. The zero-order chi connectivity index (χ0) is 16.0. The molecule has 22 heavy (non-hydrogen) atoms. The Kier molecular flexibility index (Phi) is 7.08. The van der Waals surface area contributed by atoms with Gasteiger partial charge in [0, 0.05) is 32.7 Å². The predicted molar refractivity (Wildman–Crippen MR) is 84.0 cm³/mol. The van der Waals surface area contributed by atoms with Crippen LogP contribution in [0.5, 0.6) is 0 Å². The van der Waals surface area contributed by atoms with Gasteiger partial charge in [-0.15, -0.1) is 0 Å². The molecule has 0 amide bonds. The van der Waals surface area contributed by atoms with Gasteiger partial charge < -0.3 is 14.2 Å². The van der Waals surface area contributed by atoms with Crippen LogP contribution in [-0.4, -0.2) is 64.8 Å². The van der Waals surface area contributed by atoms with E-state index in [1.807, 2.05) is 0 Å². The quantitative estimate of drug-likeness (QED) is 0.672. The first-order valence-corrected chi connectivity index (χ1v) is 9.84. The van der Waals surface area contributed by atoms with E-state index in [1.54, 1.807) is 11.4 Å². The molecule has 6 nitrogen and oxygen atoms in total. The van der Waals surface area contributed by atoms with Crippen molar-refractivity contribution in [3.63, 3.8) is 0 Å². The lowest BCUT2D eigenvalue weighted by Gasteiger charge is -2.34. The number of piperidine rings is 1. The van der Waals surface area contributed by atoms with E-state index in [9.17, 15) is 8.42 Å². The first-order chi connectivity index (χ1) is 10.5. The van der Waals surface area contributed by atoms with E-state index >= 15 is 0 Å². The van der Waals surface area contributed by atoms with Crippen LogP contribution in [0.4, 0.5) is 0 Å². The summed E-state index contributed by atoms with van der Waals surface area (Å²) in [6.45, 7) is 5.14. The summed E-state index contributed by atoms with van der Waals surface area (Å²) in [5.74, 6) is 0.741. The lowest BCUT2D eigenvalue weighted by atomic mass is 9.99. The van der Waals surface area contributed by atoms with E-state index in [-0.39, 0.29) is 18.0 Å². The normalized spacial score (nSPS) is 26.4. The topological polar surface area (TPSA) is 65.1 Å². The second-order valence-corrected chi connectivity index (χ2v) is 8.45. The smallest absolute Gasteiger partial charge is 0.214 e. The van der Waals surface area contributed by atoms with Crippen molar-refractivity contribution >= 4 is 10.0 Å². The van der Waals surface area contributed by atoms with Gasteiger partial charge in [0.2, 0.25) is 10.0 Å². The molecule has 2 aliphatic rings. The summed E-state index contributed by atoms with van der Waals surface area (Å²) < 4.78 is 42.8. The third-order valence-electron chi connectivity index (χ3n) is 4.53. The summed E-state index contributed by atoms with van der Waals surface area (Å²) in [5.41, 5.74) is 0. The maximum atomic E-state index is 12.5. The fourth-order valence-electron chi connectivity index (χ4n) is 3.04. The summed E-state index contributed by atoms with van der Waals surface area (Å²) in [4.78, 5) is 0. The van der Waals surface area contributed by atoms with E-state index < -0.39 is 10.0 Å². The molecule has 2 fully saturated rings. The van der Waals surface area contributed by atoms with Gasteiger partial charge in [-0.1, -0.05) is 6.92 Å². The molecule has 2 atom stereocenters.